The highest BCUT2D eigenvalue weighted by atomic mass is 16.5. The molecule has 3 heteroatoms. The molecule has 0 unspecified atom stereocenters. The predicted octanol–water partition coefficient (Wildman–Crippen LogP) is 2.32. The summed E-state index contributed by atoms with van der Waals surface area (Å²) < 4.78 is 5.31. The Bertz CT molecular complexity index is 370. The zero-order chi connectivity index (χ0) is 12.0. The summed E-state index contributed by atoms with van der Waals surface area (Å²) in [4.78, 5) is 0. The van der Waals surface area contributed by atoms with Crippen LogP contribution in [0.1, 0.15) is 23.1 Å². The molecule has 86 valence electrons. The lowest BCUT2D eigenvalue weighted by molar-refractivity contribution is 0.408. The summed E-state index contributed by atoms with van der Waals surface area (Å²) in [5.74, 6) is 0.959. The molecule has 0 radical (unpaired) electrons. The number of hydrogen-bond acceptors (Lipinski definition) is 3. The molecule has 0 saturated carbocycles. The minimum Gasteiger partial charge on any atom is -0.496 e. The van der Waals surface area contributed by atoms with Gasteiger partial charge in [0, 0.05) is 19.5 Å². The third-order valence-corrected chi connectivity index (χ3v) is 2.47. The van der Waals surface area contributed by atoms with E-state index in [0.29, 0.717) is 6.42 Å². The molecule has 0 fully saturated rings. The Morgan fingerprint density at radius 1 is 1.31 bits per heavy atom. The molecule has 0 aliphatic carbocycles. The molecule has 0 heterocycles. The van der Waals surface area contributed by atoms with E-state index < -0.39 is 0 Å². The van der Waals surface area contributed by atoms with Gasteiger partial charge in [0.15, 0.2) is 0 Å². The zero-order valence-electron chi connectivity index (χ0n) is 10.1. The second kappa shape index (κ2) is 6.14. The number of nitrogens with zero attached hydrogens (tertiary/aromatic N) is 1. The zero-order valence-corrected chi connectivity index (χ0v) is 10.1. The van der Waals surface area contributed by atoms with Crippen molar-refractivity contribution < 1.29 is 4.74 Å². The second-order valence-corrected chi connectivity index (χ2v) is 3.85. The van der Waals surface area contributed by atoms with Gasteiger partial charge in [-0.2, -0.15) is 5.26 Å². The number of rotatable bonds is 5. The Labute approximate surface area is 97.0 Å². The van der Waals surface area contributed by atoms with Gasteiger partial charge in [-0.15, -0.1) is 0 Å². The van der Waals surface area contributed by atoms with E-state index in [1.165, 1.54) is 5.56 Å². The van der Waals surface area contributed by atoms with Crippen LogP contribution in [0.25, 0.3) is 0 Å². The van der Waals surface area contributed by atoms with Gasteiger partial charge in [0.25, 0.3) is 0 Å². The van der Waals surface area contributed by atoms with Crippen molar-refractivity contribution in [3.05, 3.63) is 28.8 Å². The van der Waals surface area contributed by atoms with Crippen molar-refractivity contribution in [2.24, 2.45) is 0 Å². The lowest BCUT2D eigenvalue weighted by atomic mass is 10.1. The van der Waals surface area contributed by atoms with Crippen LogP contribution in [-0.4, -0.2) is 13.7 Å². The Kier molecular flexibility index (Phi) is 4.81. The monoisotopic (exact) mass is 218 g/mol. The minimum atomic E-state index is 0.550. The maximum Gasteiger partial charge on any atom is 0.124 e. The normalized spacial score (nSPS) is 9.88. The molecule has 0 bridgehead atoms. The van der Waals surface area contributed by atoms with Gasteiger partial charge < -0.3 is 10.1 Å². The largest absolute Gasteiger partial charge is 0.496 e. The van der Waals surface area contributed by atoms with Gasteiger partial charge in [-0.05, 0) is 30.5 Å². The van der Waals surface area contributed by atoms with Crippen molar-refractivity contribution in [1.29, 1.82) is 5.26 Å². The van der Waals surface area contributed by atoms with E-state index in [4.69, 9.17) is 10.00 Å². The van der Waals surface area contributed by atoms with Gasteiger partial charge in [0.2, 0.25) is 0 Å². The van der Waals surface area contributed by atoms with Crippen molar-refractivity contribution in [1.82, 2.24) is 5.32 Å². The summed E-state index contributed by atoms with van der Waals surface area (Å²) in [7, 11) is 1.69. The van der Waals surface area contributed by atoms with Crippen LogP contribution < -0.4 is 10.1 Å². The standard InChI is InChI=1S/C13H18N2O/c1-10-7-12(9-15-6-4-5-14)8-11(2)13(10)16-3/h7-8,15H,4,6,9H2,1-3H3. The first-order valence-corrected chi connectivity index (χ1v) is 5.40. The summed E-state index contributed by atoms with van der Waals surface area (Å²) >= 11 is 0. The third kappa shape index (κ3) is 3.25. The maximum absolute atomic E-state index is 8.41. The molecule has 0 amide bonds. The first kappa shape index (κ1) is 12.5. The minimum absolute atomic E-state index is 0.550. The molecule has 0 saturated heterocycles. The molecule has 1 aromatic rings. The summed E-state index contributed by atoms with van der Waals surface area (Å²) in [5, 5.41) is 11.6. The van der Waals surface area contributed by atoms with E-state index in [1.54, 1.807) is 7.11 Å². The number of nitriles is 1. The van der Waals surface area contributed by atoms with Gasteiger partial charge in [-0.3, -0.25) is 0 Å². The summed E-state index contributed by atoms with van der Waals surface area (Å²) in [6.45, 7) is 5.63. The molecular formula is C13H18N2O. The Balaban J connectivity index is 2.65. The molecule has 0 aromatic heterocycles. The number of benzene rings is 1. The van der Waals surface area contributed by atoms with Crippen molar-refractivity contribution in [2.75, 3.05) is 13.7 Å². The summed E-state index contributed by atoms with van der Waals surface area (Å²) in [6.07, 6.45) is 0.550. The van der Waals surface area contributed by atoms with E-state index in [2.05, 4.69) is 23.5 Å². The fourth-order valence-corrected chi connectivity index (χ4v) is 1.84. The van der Waals surface area contributed by atoms with Crippen LogP contribution >= 0.6 is 0 Å². The lowest BCUT2D eigenvalue weighted by Gasteiger charge is -2.11. The Hall–Kier alpha value is -1.53. The first-order chi connectivity index (χ1) is 7.69. The number of ether oxygens (including phenoxy) is 1. The van der Waals surface area contributed by atoms with Crippen LogP contribution in [0.4, 0.5) is 0 Å². The molecule has 0 aliphatic heterocycles. The average Bonchev–Trinajstić information content (AvgIpc) is 2.24. The fraction of sp³-hybridized carbons (Fsp3) is 0.462. The third-order valence-electron chi connectivity index (χ3n) is 2.47. The number of nitrogens with one attached hydrogen (secondary N) is 1. The van der Waals surface area contributed by atoms with E-state index >= 15 is 0 Å². The SMILES string of the molecule is COc1c(C)cc(CNCCC#N)cc1C. The van der Waals surface area contributed by atoms with E-state index in [1.807, 2.05) is 13.8 Å². The van der Waals surface area contributed by atoms with Crippen molar-refractivity contribution in [3.63, 3.8) is 0 Å². The van der Waals surface area contributed by atoms with Gasteiger partial charge in [-0.25, -0.2) is 0 Å². The molecule has 0 aliphatic rings. The quantitative estimate of drug-likeness (QED) is 0.771. The fourth-order valence-electron chi connectivity index (χ4n) is 1.84. The number of aryl methyl sites for hydroxylation is 2. The molecular weight excluding hydrogens is 200 g/mol. The van der Waals surface area contributed by atoms with Crippen LogP contribution in [0.3, 0.4) is 0 Å². The van der Waals surface area contributed by atoms with Crippen LogP contribution in [0, 0.1) is 25.2 Å². The predicted molar refractivity (Wildman–Crippen MR) is 64.4 cm³/mol. The number of hydrogen-bond donors (Lipinski definition) is 1. The maximum atomic E-state index is 8.41. The Morgan fingerprint density at radius 3 is 2.44 bits per heavy atom. The van der Waals surface area contributed by atoms with Crippen LogP contribution in [0.2, 0.25) is 0 Å². The summed E-state index contributed by atoms with van der Waals surface area (Å²) in [5.41, 5.74) is 3.54. The first-order valence-electron chi connectivity index (χ1n) is 5.40. The average molecular weight is 218 g/mol. The molecule has 16 heavy (non-hydrogen) atoms. The topological polar surface area (TPSA) is 45.0 Å². The molecule has 1 aromatic carbocycles. The molecule has 0 spiro atoms. The molecule has 0 atom stereocenters. The van der Waals surface area contributed by atoms with Crippen LogP contribution in [-0.2, 0) is 6.54 Å². The van der Waals surface area contributed by atoms with E-state index in [0.717, 1.165) is 30.0 Å². The Morgan fingerprint density at radius 2 is 1.94 bits per heavy atom. The van der Waals surface area contributed by atoms with Gasteiger partial charge in [-0.1, -0.05) is 12.1 Å². The smallest absolute Gasteiger partial charge is 0.124 e. The highest BCUT2D eigenvalue weighted by molar-refractivity contribution is 5.43. The van der Waals surface area contributed by atoms with Crippen molar-refractivity contribution in [2.45, 2.75) is 26.8 Å². The van der Waals surface area contributed by atoms with Crippen LogP contribution in [0.15, 0.2) is 12.1 Å². The van der Waals surface area contributed by atoms with Gasteiger partial charge in [0.1, 0.15) is 5.75 Å². The highest BCUT2D eigenvalue weighted by Gasteiger charge is 2.04. The molecule has 1 rings (SSSR count). The van der Waals surface area contributed by atoms with Gasteiger partial charge >= 0.3 is 0 Å². The highest BCUT2D eigenvalue weighted by Crippen LogP contribution is 2.24. The molecule has 1 N–H and O–H groups in total. The van der Waals surface area contributed by atoms with Gasteiger partial charge in [0.05, 0.1) is 13.2 Å². The lowest BCUT2D eigenvalue weighted by Crippen LogP contribution is -2.14. The van der Waals surface area contributed by atoms with Crippen LogP contribution in [0.5, 0.6) is 5.75 Å². The number of methoxy groups -OCH3 is 1. The summed E-state index contributed by atoms with van der Waals surface area (Å²) in [6, 6.07) is 6.35. The van der Waals surface area contributed by atoms with E-state index in [9.17, 15) is 0 Å². The van der Waals surface area contributed by atoms with Crippen molar-refractivity contribution >= 4 is 0 Å². The molecule has 3 nitrogen and oxygen atoms in total. The second-order valence-electron chi connectivity index (χ2n) is 3.85. The van der Waals surface area contributed by atoms with E-state index in [-0.39, 0.29) is 0 Å². The van der Waals surface area contributed by atoms with Crippen molar-refractivity contribution in [3.8, 4) is 11.8 Å².